The van der Waals surface area contributed by atoms with Gasteiger partial charge in [-0.25, -0.2) is 0 Å². The molecule has 0 saturated heterocycles. The molecule has 2 nitrogen and oxygen atoms in total. The van der Waals surface area contributed by atoms with Gasteiger partial charge in [0.2, 0.25) is 0 Å². The largest absolute Gasteiger partial charge is 0.497 e. The summed E-state index contributed by atoms with van der Waals surface area (Å²) in [7, 11) is 3.69. The van der Waals surface area contributed by atoms with Crippen LogP contribution in [-0.2, 0) is 0 Å². The molecule has 2 atom stereocenters. The highest BCUT2D eigenvalue weighted by atomic mass is 35.5. The van der Waals surface area contributed by atoms with Gasteiger partial charge in [-0.05, 0) is 54.4 Å². The van der Waals surface area contributed by atoms with Crippen LogP contribution >= 0.6 is 23.2 Å². The minimum atomic E-state index is 0.328. The van der Waals surface area contributed by atoms with Crippen LogP contribution in [0.2, 0.25) is 10.0 Å². The molecule has 110 valence electrons. The number of fused-ring (bicyclic) bond motifs is 1. The van der Waals surface area contributed by atoms with Crippen molar-refractivity contribution in [2.24, 2.45) is 0 Å². The van der Waals surface area contributed by atoms with E-state index in [-0.39, 0.29) is 0 Å². The van der Waals surface area contributed by atoms with E-state index in [1.165, 1.54) is 16.7 Å². The predicted octanol–water partition coefficient (Wildman–Crippen LogP) is 4.80. The van der Waals surface area contributed by atoms with Crippen molar-refractivity contribution < 1.29 is 4.74 Å². The lowest BCUT2D eigenvalue weighted by Crippen LogP contribution is -2.13. The monoisotopic (exact) mass is 321 g/mol. The first-order valence-electron chi connectivity index (χ1n) is 6.94. The molecule has 0 aromatic heterocycles. The molecule has 2 aromatic rings. The van der Waals surface area contributed by atoms with Gasteiger partial charge in [0.1, 0.15) is 5.75 Å². The standard InChI is InChI=1S/C17H17Cl2NO/c1-20-17-9-13(10-3-6-15(18)16(19)7-10)12-5-4-11(21-2)8-14(12)17/h3-8,13,17,20H,9H2,1-2H3/t13?,17-/m1/s1. The van der Waals surface area contributed by atoms with Crippen molar-refractivity contribution in [3.05, 3.63) is 63.1 Å². The summed E-state index contributed by atoms with van der Waals surface area (Å²) in [5, 5.41) is 4.59. The molecule has 1 aliphatic rings. The number of methoxy groups -OCH3 is 1. The Morgan fingerprint density at radius 1 is 1.05 bits per heavy atom. The number of nitrogens with one attached hydrogen (secondary N) is 1. The van der Waals surface area contributed by atoms with Gasteiger partial charge in [-0.3, -0.25) is 0 Å². The van der Waals surface area contributed by atoms with Crippen LogP contribution in [0.25, 0.3) is 0 Å². The summed E-state index contributed by atoms with van der Waals surface area (Å²) in [6.45, 7) is 0. The highest BCUT2D eigenvalue weighted by Gasteiger charge is 2.31. The zero-order valence-electron chi connectivity index (χ0n) is 12.0. The first kappa shape index (κ1) is 14.7. The first-order valence-corrected chi connectivity index (χ1v) is 7.69. The Kier molecular flexibility index (Phi) is 4.12. The molecule has 0 spiro atoms. The Labute approximate surface area is 135 Å². The molecule has 4 heteroatoms. The highest BCUT2D eigenvalue weighted by Crippen LogP contribution is 2.45. The number of ether oxygens (including phenoxy) is 1. The van der Waals surface area contributed by atoms with Gasteiger partial charge in [-0.1, -0.05) is 35.3 Å². The molecule has 0 fully saturated rings. The molecule has 1 unspecified atom stereocenters. The Balaban J connectivity index is 2.05. The Hall–Kier alpha value is -1.22. The fourth-order valence-corrected chi connectivity index (χ4v) is 3.41. The fraction of sp³-hybridized carbons (Fsp3) is 0.294. The third-order valence-corrected chi connectivity index (χ3v) is 4.95. The van der Waals surface area contributed by atoms with Crippen LogP contribution < -0.4 is 10.1 Å². The molecule has 0 aliphatic heterocycles. The maximum Gasteiger partial charge on any atom is 0.119 e. The third kappa shape index (κ3) is 2.64. The van der Waals surface area contributed by atoms with Crippen molar-refractivity contribution in [2.45, 2.75) is 18.4 Å². The average Bonchev–Trinajstić information content (AvgIpc) is 2.87. The normalized spacial score (nSPS) is 20.4. The molecule has 0 bridgehead atoms. The minimum absolute atomic E-state index is 0.328. The summed E-state index contributed by atoms with van der Waals surface area (Å²) in [5.41, 5.74) is 3.83. The molecule has 1 aliphatic carbocycles. The van der Waals surface area contributed by atoms with Crippen molar-refractivity contribution in [2.75, 3.05) is 14.2 Å². The van der Waals surface area contributed by atoms with Crippen molar-refractivity contribution in [1.29, 1.82) is 0 Å². The predicted molar refractivity (Wildman–Crippen MR) is 87.7 cm³/mol. The second kappa shape index (κ2) is 5.88. The van der Waals surface area contributed by atoms with Gasteiger partial charge in [-0.2, -0.15) is 0 Å². The number of hydrogen-bond donors (Lipinski definition) is 1. The van der Waals surface area contributed by atoms with E-state index in [1.54, 1.807) is 7.11 Å². The zero-order chi connectivity index (χ0) is 15.0. The lowest BCUT2D eigenvalue weighted by Gasteiger charge is -2.13. The molecule has 0 radical (unpaired) electrons. The second-order valence-corrected chi connectivity index (χ2v) is 6.11. The van der Waals surface area contributed by atoms with Crippen LogP contribution in [0.5, 0.6) is 5.75 Å². The van der Waals surface area contributed by atoms with E-state index in [2.05, 4.69) is 23.5 Å². The molecule has 3 rings (SSSR count). The summed E-state index contributed by atoms with van der Waals surface area (Å²) in [5.74, 6) is 1.22. The van der Waals surface area contributed by atoms with E-state index in [4.69, 9.17) is 27.9 Å². The van der Waals surface area contributed by atoms with E-state index in [9.17, 15) is 0 Å². The average molecular weight is 322 g/mol. The molecule has 0 amide bonds. The summed E-state index contributed by atoms with van der Waals surface area (Å²) >= 11 is 12.2. The molecular weight excluding hydrogens is 305 g/mol. The van der Waals surface area contributed by atoms with E-state index in [1.807, 2.05) is 25.2 Å². The zero-order valence-corrected chi connectivity index (χ0v) is 13.5. The van der Waals surface area contributed by atoms with Gasteiger partial charge in [0.05, 0.1) is 17.2 Å². The summed E-state index contributed by atoms with van der Waals surface area (Å²) in [4.78, 5) is 0. The fourth-order valence-electron chi connectivity index (χ4n) is 3.11. The second-order valence-electron chi connectivity index (χ2n) is 5.30. The number of rotatable bonds is 3. The van der Waals surface area contributed by atoms with Crippen molar-refractivity contribution in [3.8, 4) is 5.75 Å². The van der Waals surface area contributed by atoms with Crippen LogP contribution in [0.1, 0.15) is 35.1 Å². The maximum atomic E-state index is 6.17. The Morgan fingerprint density at radius 3 is 2.52 bits per heavy atom. The Bertz CT molecular complexity index is 672. The lowest BCUT2D eigenvalue weighted by atomic mass is 9.93. The third-order valence-electron chi connectivity index (χ3n) is 4.21. The minimum Gasteiger partial charge on any atom is -0.497 e. The van der Waals surface area contributed by atoms with Crippen LogP contribution in [-0.4, -0.2) is 14.2 Å². The van der Waals surface area contributed by atoms with Gasteiger partial charge < -0.3 is 10.1 Å². The van der Waals surface area contributed by atoms with Gasteiger partial charge in [-0.15, -0.1) is 0 Å². The van der Waals surface area contributed by atoms with E-state index in [0.717, 1.165) is 12.2 Å². The van der Waals surface area contributed by atoms with Crippen molar-refractivity contribution in [3.63, 3.8) is 0 Å². The SMILES string of the molecule is CN[C@@H]1CC(c2ccc(Cl)c(Cl)c2)c2ccc(OC)cc21. The van der Waals surface area contributed by atoms with Gasteiger partial charge >= 0.3 is 0 Å². The highest BCUT2D eigenvalue weighted by molar-refractivity contribution is 6.42. The molecule has 0 saturated carbocycles. The van der Waals surface area contributed by atoms with E-state index >= 15 is 0 Å². The molecule has 2 aromatic carbocycles. The first-order chi connectivity index (χ1) is 10.1. The maximum absolute atomic E-state index is 6.17. The van der Waals surface area contributed by atoms with Gasteiger partial charge in [0.15, 0.2) is 0 Å². The molecule has 21 heavy (non-hydrogen) atoms. The number of halogens is 2. The van der Waals surface area contributed by atoms with Crippen molar-refractivity contribution in [1.82, 2.24) is 5.32 Å². The van der Waals surface area contributed by atoms with Crippen LogP contribution in [0.15, 0.2) is 36.4 Å². The van der Waals surface area contributed by atoms with Crippen LogP contribution in [0.4, 0.5) is 0 Å². The number of hydrogen-bond acceptors (Lipinski definition) is 2. The molecular formula is C17H17Cl2NO. The molecule has 1 N–H and O–H groups in total. The van der Waals surface area contributed by atoms with Crippen molar-refractivity contribution >= 4 is 23.2 Å². The summed E-state index contributed by atoms with van der Waals surface area (Å²) in [6.07, 6.45) is 1.01. The smallest absolute Gasteiger partial charge is 0.119 e. The Morgan fingerprint density at radius 2 is 1.86 bits per heavy atom. The van der Waals surface area contributed by atoms with Crippen LogP contribution in [0, 0.1) is 0 Å². The van der Waals surface area contributed by atoms with Gasteiger partial charge in [0.25, 0.3) is 0 Å². The quantitative estimate of drug-likeness (QED) is 0.876. The molecule has 0 heterocycles. The van der Waals surface area contributed by atoms with Crippen LogP contribution in [0.3, 0.4) is 0 Å². The summed E-state index contributed by atoms with van der Waals surface area (Å²) in [6, 6.07) is 12.5. The number of benzene rings is 2. The summed E-state index contributed by atoms with van der Waals surface area (Å²) < 4.78 is 5.34. The van der Waals surface area contributed by atoms with Gasteiger partial charge in [0, 0.05) is 12.0 Å². The van der Waals surface area contributed by atoms with E-state index < -0.39 is 0 Å². The van der Waals surface area contributed by atoms with E-state index in [0.29, 0.717) is 22.0 Å². The topological polar surface area (TPSA) is 21.3 Å². The lowest BCUT2D eigenvalue weighted by molar-refractivity contribution is 0.413.